The van der Waals surface area contributed by atoms with Crippen LogP contribution in [0.2, 0.25) is 5.32 Å². The third-order valence-electron chi connectivity index (χ3n) is 1.99. The Labute approximate surface area is 103 Å². The number of rotatable bonds is 7. The summed E-state index contributed by atoms with van der Waals surface area (Å²) in [5.74, 6) is 0. The molecule has 1 rings (SSSR count). The van der Waals surface area contributed by atoms with Crippen LogP contribution >= 0.6 is 11.3 Å². The van der Waals surface area contributed by atoms with Gasteiger partial charge in [0, 0.05) is 0 Å². The first-order chi connectivity index (χ1) is 7.33. The van der Waals surface area contributed by atoms with Gasteiger partial charge in [0.25, 0.3) is 0 Å². The first kappa shape index (κ1) is 12.5. The average Bonchev–Trinajstić information content (AvgIpc) is 2.60. The van der Waals surface area contributed by atoms with Crippen LogP contribution in [0.3, 0.4) is 0 Å². The van der Waals surface area contributed by atoms with Crippen LogP contribution in [0.15, 0.2) is 43.3 Å². The molecule has 2 heteroatoms. The van der Waals surface area contributed by atoms with Crippen molar-refractivity contribution in [2.75, 3.05) is 0 Å². The molecule has 15 heavy (non-hydrogen) atoms. The number of hydrogen-bond acceptors (Lipinski definition) is 1. The van der Waals surface area contributed by atoms with Crippen LogP contribution in [0, 0.1) is 0 Å². The molecular weight excluding hydrogens is 267 g/mol. The van der Waals surface area contributed by atoms with Crippen LogP contribution in [0.4, 0.5) is 0 Å². The summed E-state index contributed by atoms with van der Waals surface area (Å²) in [6.07, 6.45) is 7.93. The van der Waals surface area contributed by atoms with E-state index in [0.717, 1.165) is 18.2 Å². The molecule has 0 aliphatic rings. The van der Waals surface area contributed by atoms with E-state index in [-0.39, 0.29) is 0 Å². The van der Waals surface area contributed by atoms with Crippen molar-refractivity contribution in [3.63, 3.8) is 0 Å². The molecule has 0 N–H and O–H groups in total. The van der Waals surface area contributed by atoms with E-state index in [9.17, 15) is 0 Å². The predicted molar refractivity (Wildman–Crippen MR) is 72.5 cm³/mol. The molecule has 0 nitrogen and oxygen atoms in total. The Morgan fingerprint density at radius 3 is 2.47 bits per heavy atom. The van der Waals surface area contributed by atoms with Crippen LogP contribution in [0.5, 0.6) is 0 Å². The summed E-state index contributed by atoms with van der Waals surface area (Å²) >= 11 is 2.43. The zero-order valence-corrected chi connectivity index (χ0v) is 11.4. The number of allylic oxidation sites excluding steroid dienone is 3. The van der Waals surface area contributed by atoms with Gasteiger partial charge < -0.3 is 0 Å². The fourth-order valence-corrected chi connectivity index (χ4v) is 4.72. The topological polar surface area (TPSA) is 0 Å². The van der Waals surface area contributed by atoms with Crippen LogP contribution in [0.25, 0.3) is 0 Å². The maximum absolute atomic E-state index is 3.82. The van der Waals surface area contributed by atoms with Crippen molar-refractivity contribution >= 4 is 30.1 Å². The summed E-state index contributed by atoms with van der Waals surface area (Å²) in [6, 6.07) is 0. The summed E-state index contributed by atoms with van der Waals surface area (Å²) in [4.78, 5) is 0. The van der Waals surface area contributed by atoms with Crippen molar-refractivity contribution in [3.8, 4) is 0 Å². The van der Waals surface area contributed by atoms with Gasteiger partial charge in [0.15, 0.2) is 0 Å². The van der Waals surface area contributed by atoms with Gasteiger partial charge >= 0.3 is 103 Å². The Morgan fingerprint density at radius 2 is 1.87 bits per heavy atom. The molecule has 0 spiro atoms. The van der Waals surface area contributed by atoms with E-state index in [2.05, 4.69) is 25.1 Å². The van der Waals surface area contributed by atoms with Gasteiger partial charge in [-0.2, -0.15) is 0 Å². The Balaban J connectivity index is 2.88. The van der Waals surface area contributed by atoms with E-state index in [1.165, 1.54) is 11.1 Å². The third kappa shape index (κ3) is 3.49. The average molecular weight is 283 g/mol. The molecule has 0 saturated heterocycles. The molecule has 0 saturated carbocycles. The molecule has 0 aliphatic carbocycles. The Kier molecular flexibility index (Phi) is 5.70. The minimum atomic E-state index is 0.546. The molecule has 0 radical (unpaired) electrons. The van der Waals surface area contributed by atoms with Crippen molar-refractivity contribution < 1.29 is 0 Å². The second-order valence-electron chi connectivity index (χ2n) is 3.11. The zero-order valence-electron chi connectivity index (χ0n) is 8.87. The summed E-state index contributed by atoms with van der Waals surface area (Å²) in [5, 5.41) is 3.38. The first-order valence-corrected chi connectivity index (χ1v) is 7.83. The Bertz CT molecular complexity index is 349. The summed E-state index contributed by atoms with van der Waals surface area (Å²) in [7, 11) is 0. The van der Waals surface area contributed by atoms with Crippen molar-refractivity contribution in [2.45, 2.75) is 18.2 Å². The molecule has 0 bridgehead atoms. The Morgan fingerprint density at radius 1 is 1.13 bits per heavy atom. The first-order valence-electron chi connectivity index (χ1n) is 4.88. The monoisotopic (exact) mass is 284 g/mol. The number of hydrogen-bond donors (Lipinski definition) is 0. The van der Waals surface area contributed by atoms with E-state index in [0.29, 0.717) is 15.0 Å². The van der Waals surface area contributed by atoms with Crippen molar-refractivity contribution in [1.29, 1.82) is 0 Å². The van der Waals surface area contributed by atoms with Crippen LogP contribution in [-0.2, 0) is 12.8 Å². The van der Waals surface area contributed by atoms with Gasteiger partial charge in [-0.15, -0.1) is 0 Å². The van der Waals surface area contributed by atoms with E-state index < -0.39 is 0 Å². The van der Waals surface area contributed by atoms with E-state index in [1.54, 1.807) is 3.78 Å². The standard InChI is InChI=1S/C13H16SSe/c1-4-7-11-10-14-13(15-9-6-3)12(11)8-5-2/h4-6,10H,1-3,7-9H2. The zero-order chi connectivity index (χ0) is 11.1. The van der Waals surface area contributed by atoms with Crippen molar-refractivity contribution in [3.05, 3.63) is 54.5 Å². The van der Waals surface area contributed by atoms with Gasteiger partial charge in [-0.1, -0.05) is 0 Å². The molecule has 0 fully saturated rings. The van der Waals surface area contributed by atoms with Crippen LogP contribution < -0.4 is 3.78 Å². The molecule has 1 aromatic heterocycles. The van der Waals surface area contributed by atoms with Gasteiger partial charge in [-0.3, -0.25) is 0 Å². The summed E-state index contributed by atoms with van der Waals surface area (Å²) in [5.41, 5.74) is 2.91. The fraction of sp³-hybridized carbons (Fsp3) is 0.231. The van der Waals surface area contributed by atoms with E-state index in [1.807, 2.05) is 29.6 Å². The number of thiophene rings is 1. The quantitative estimate of drug-likeness (QED) is 0.533. The van der Waals surface area contributed by atoms with Gasteiger partial charge in [-0.05, 0) is 0 Å². The van der Waals surface area contributed by atoms with Crippen LogP contribution in [-0.4, -0.2) is 15.0 Å². The van der Waals surface area contributed by atoms with E-state index in [4.69, 9.17) is 0 Å². The van der Waals surface area contributed by atoms with Crippen molar-refractivity contribution in [1.82, 2.24) is 0 Å². The predicted octanol–water partition coefficient (Wildman–Crippen LogP) is 3.14. The summed E-state index contributed by atoms with van der Waals surface area (Å²) < 4.78 is 1.54. The molecule has 0 aromatic carbocycles. The third-order valence-corrected chi connectivity index (χ3v) is 5.98. The SMILES string of the molecule is C=CC[Se]c1scc(CC=C)c1CC=C. The van der Waals surface area contributed by atoms with Gasteiger partial charge in [0.2, 0.25) is 0 Å². The van der Waals surface area contributed by atoms with Gasteiger partial charge in [0.05, 0.1) is 0 Å². The molecule has 0 unspecified atom stereocenters. The molecule has 1 aromatic rings. The van der Waals surface area contributed by atoms with Gasteiger partial charge in [-0.25, -0.2) is 0 Å². The Hall–Kier alpha value is -0.561. The minimum absolute atomic E-state index is 0.546. The van der Waals surface area contributed by atoms with Crippen LogP contribution in [0.1, 0.15) is 11.1 Å². The molecule has 0 aliphatic heterocycles. The maximum atomic E-state index is 3.82. The molecule has 80 valence electrons. The fourth-order valence-electron chi connectivity index (χ4n) is 1.34. The normalized spacial score (nSPS) is 9.87. The summed E-state index contributed by atoms with van der Waals surface area (Å²) in [6.45, 7) is 11.4. The molecule has 0 amide bonds. The van der Waals surface area contributed by atoms with E-state index >= 15 is 0 Å². The second kappa shape index (κ2) is 6.84. The molecule has 0 atom stereocenters. The molecule has 1 heterocycles. The van der Waals surface area contributed by atoms with Gasteiger partial charge in [0.1, 0.15) is 0 Å². The second-order valence-corrected chi connectivity index (χ2v) is 6.74. The molecular formula is C13H16SSe. The van der Waals surface area contributed by atoms with Crippen molar-refractivity contribution in [2.24, 2.45) is 0 Å².